The predicted molar refractivity (Wildman–Crippen MR) is 67.7 cm³/mol. The van der Waals surface area contributed by atoms with Crippen LogP contribution >= 0.6 is 0 Å². The van der Waals surface area contributed by atoms with Gasteiger partial charge in [0.25, 0.3) is 0 Å². The van der Waals surface area contributed by atoms with Gasteiger partial charge in [-0.2, -0.15) is 5.10 Å². The topological polar surface area (TPSA) is 67.6 Å². The van der Waals surface area contributed by atoms with E-state index in [1.807, 2.05) is 0 Å². The normalized spacial score (nSPS) is 10.7. The summed E-state index contributed by atoms with van der Waals surface area (Å²) in [5.41, 5.74) is 7.98. The summed E-state index contributed by atoms with van der Waals surface area (Å²) in [6.45, 7) is 2.77. The lowest BCUT2D eigenvalue weighted by atomic mass is 10.1. The standard InChI is InChI=1S/C13H18N4/c1-10-4-6-11(7-5-10)9-13-15-12(16-17-13)3-2-8-14/h4-7H,2-3,8-9,14H2,1H3,(H,15,16,17). The number of aromatic amines is 1. The van der Waals surface area contributed by atoms with Gasteiger partial charge < -0.3 is 5.73 Å². The van der Waals surface area contributed by atoms with Crippen LogP contribution < -0.4 is 5.73 Å². The summed E-state index contributed by atoms with van der Waals surface area (Å²) in [5.74, 6) is 1.78. The highest BCUT2D eigenvalue weighted by Gasteiger charge is 2.03. The molecular weight excluding hydrogens is 212 g/mol. The minimum atomic E-state index is 0.682. The van der Waals surface area contributed by atoms with E-state index in [9.17, 15) is 0 Å². The van der Waals surface area contributed by atoms with Crippen molar-refractivity contribution >= 4 is 0 Å². The van der Waals surface area contributed by atoms with Crippen LogP contribution in [0.15, 0.2) is 24.3 Å². The lowest BCUT2D eigenvalue weighted by Crippen LogP contribution is -2.01. The number of aryl methyl sites for hydroxylation is 2. The fourth-order valence-electron chi connectivity index (χ4n) is 1.69. The van der Waals surface area contributed by atoms with Gasteiger partial charge in [0.1, 0.15) is 5.82 Å². The van der Waals surface area contributed by atoms with E-state index < -0.39 is 0 Å². The zero-order valence-electron chi connectivity index (χ0n) is 10.1. The second-order valence-electron chi connectivity index (χ2n) is 4.25. The maximum absolute atomic E-state index is 5.46. The van der Waals surface area contributed by atoms with Gasteiger partial charge in [-0.3, -0.25) is 5.10 Å². The first-order chi connectivity index (χ1) is 8.28. The molecule has 3 N–H and O–H groups in total. The largest absolute Gasteiger partial charge is 0.330 e. The maximum atomic E-state index is 5.46. The van der Waals surface area contributed by atoms with E-state index in [2.05, 4.69) is 46.4 Å². The molecule has 0 saturated heterocycles. The summed E-state index contributed by atoms with van der Waals surface area (Å²) < 4.78 is 0. The van der Waals surface area contributed by atoms with Crippen LogP contribution in [0, 0.1) is 6.92 Å². The second-order valence-corrected chi connectivity index (χ2v) is 4.25. The van der Waals surface area contributed by atoms with E-state index in [1.165, 1.54) is 11.1 Å². The Morgan fingerprint density at radius 3 is 2.71 bits per heavy atom. The lowest BCUT2D eigenvalue weighted by Gasteiger charge is -1.98. The van der Waals surface area contributed by atoms with E-state index in [0.29, 0.717) is 6.54 Å². The number of nitrogens with two attached hydrogens (primary N) is 1. The fourth-order valence-corrected chi connectivity index (χ4v) is 1.69. The van der Waals surface area contributed by atoms with Crippen molar-refractivity contribution in [1.29, 1.82) is 0 Å². The van der Waals surface area contributed by atoms with Crippen LogP contribution in [0.2, 0.25) is 0 Å². The van der Waals surface area contributed by atoms with Crippen LogP contribution in [0.1, 0.15) is 29.2 Å². The van der Waals surface area contributed by atoms with E-state index in [0.717, 1.165) is 30.9 Å². The summed E-state index contributed by atoms with van der Waals surface area (Å²) in [4.78, 5) is 4.44. The van der Waals surface area contributed by atoms with E-state index in [-0.39, 0.29) is 0 Å². The molecule has 0 saturated carbocycles. The Hall–Kier alpha value is -1.68. The van der Waals surface area contributed by atoms with Crippen LogP contribution in [-0.4, -0.2) is 21.7 Å². The third-order valence-corrected chi connectivity index (χ3v) is 2.67. The van der Waals surface area contributed by atoms with Gasteiger partial charge in [-0.05, 0) is 25.5 Å². The average Bonchev–Trinajstić information content (AvgIpc) is 2.77. The van der Waals surface area contributed by atoms with Crippen LogP contribution in [0.4, 0.5) is 0 Å². The molecule has 0 bridgehead atoms. The van der Waals surface area contributed by atoms with Gasteiger partial charge in [0.05, 0.1) is 0 Å². The number of hydrogen-bond donors (Lipinski definition) is 2. The Morgan fingerprint density at radius 2 is 2.00 bits per heavy atom. The molecule has 0 atom stereocenters. The molecule has 2 aromatic rings. The molecule has 0 aliphatic rings. The minimum Gasteiger partial charge on any atom is -0.330 e. The Labute approximate surface area is 101 Å². The molecule has 0 unspecified atom stereocenters. The molecule has 17 heavy (non-hydrogen) atoms. The monoisotopic (exact) mass is 230 g/mol. The van der Waals surface area contributed by atoms with E-state index in [1.54, 1.807) is 0 Å². The van der Waals surface area contributed by atoms with E-state index >= 15 is 0 Å². The number of hydrogen-bond acceptors (Lipinski definition) is 3. The molecule has 0 amide bonds. The lowest BCUT2D eigenvalue weighted by molar-refractivity contribution is 0.785. The predicted octanol–water partition coefficient (Wildman–Crippen LogP) is 1.60. The fraction of sp³-hybridized carbons (Fsp3) is 0.385. The third kappa shape index (κ3) is 3.39. The molecule has 0 aliphatic heterocycles. The molecule has 0 aliphatic carbocycles. The van der Waals surface area contributed by atoms with Gasteiger partial charge in [0, 0.05) is 12.8 Å². The Morgan fingerprint density at radius 1 is 1.24 bits per heavy atom. The van der Waals surface area contributed by atoms with Crippen molar-refractivity contribution in [3.63, 3.8) is 0 Å². The van der Waals surface area contributed by atoms with Crippen LogP contribution in [0.25, 0.3) is 0 Å². The van der Waals surface area contributed by atoms with Crippen molar-refractivity contribution in [2.45, 2.75) is 26.2 Å². The number of rotatable bonds is 5. The Balaban J connectivity index is 1.98. The van der Waals surface area contributed by atoms with Crippen molar-refractivity contribution in [3.05, 3.63) is 47.0 Å². The van der Waals surface area contributed by atoms with Crippen LogP contribution in [0.5, 0.6) is 0 Å². The van der Waals surface area contributed by atoms with Crippen molar-refractivity contribution in [2.75, 3.05) is 6.54 Å². The highest BCUT2D eigenvalue weighted by molar-refractivity contribution is 5.23. The number of aromatic nitrogens is 3. The van der Waals surface area contributed by atoms with Crippen LogP contribution in [0.3, 0.4) is 0 Å². The zero-order chi connectivity index (χ0) is 12.1. The minimum absolute atomic E-state index is 0.682. The molecule has 0 radical (unpaired) electrons. The molecule has 0 spiro atoms. The smallest absolute Gasteiger partial charge is 0.150 e. The quantitative estimate of drug-likeness (QED) is 0.819. The molecule has 0 fully saturated rings. The summed E-state index contributed by atoms with van der Waals surface area (Å²) in [5, 5.41) is 7.15. The Bertz CT molecular complexity index is 459. The number of H-pyrrole nitrogens is 1. The van der Waals surface area contributed by atoms with Gasteiger partial charge in [0.15, 0.2) is 5.82 Å². The second kappa shape index (κ2) is 5.59. The van der Waals surface area contributed by atoms with Gasteiger partial charge in [-0.15, -0.1) is 0 Å². The first-order valence-corrected chi connectivity index (χ1v) is 5.93. The van der Waals surface area contributed by atoms with E-state index in [4.69, 9.17) is 5.73 Å². The van der Waals surface area contributed by atoms with Gasteiger partial charge in [0.2, 0.25) is 0 Å². The molecule has 1 aromatic heterocycles. The summed E-state index contributed by atoms with van der Waals surface area (Å²) in [6, 6.07) is 8.47. The number of nitrogens with one attached hydrogen (secondary N) is 1. The van der Waals surface area contributed by atoms with Crippen molar-refractivity contribution in [1.82, 2.24) is 15.2 Å². The summed E-state index contributed by atoms with van der Waals surface area (Å²) >= 11 is 0. The molecule has 4 nitrogen and oxygen atoms in total. The first-order valence-electron chi connectivity index (χ1n) is 5.93. The molecule has 1 aromatic carbocycles. The molecule has 2 rings (SSSR count). The third-order valence-electron chi connectivity index (χ3n) is 2.67. The zero-order valence-corrected chi connectivity index (χ0v) is 10.1. The molecule has 4 heteroatoms. The van der Waals surface area contributed by atoms with Crippen molar-refractivity contribution < 1.29 is 0 Å². The first kappa shape index (κ1) is 11.8. The molecular formula is C13H18N4. The van der Waals surface area contributed by atoms with Crippen LogP contribution in [-0.2, 0) is 12.8 Å². The number of benzene rings is 1. The highest BCUT2D eigenvalue weighted by atomic mass is 15.2. The summed E-state index contributed by atoms with van der Waals surface area (Å²) in [7, 11) is 0. The average molecular weight is 230 g/mol. The SMILES string of the molecule is Cc1ccc(Cc2nc(CCCN)n[nH]2)cc1. The Kier molecular flexibility index (Phi) is 3.88. The van der Waals surface area contributed by atoms with Gasteiger partial charge in [-0.1, -0.05) is 29.8 Å². The van der Waals surface area contributed by atoms with Gasteiger partial charge >= 0.3 is 0 Å². The summed E-state index contributed by atoms with van der Waals surface area (Å²) in [6.07, 6.45) is 2.58. The van der Waals surface area contributed by atoms with Crippen molar-refractivity contribution in [3.8, 4) is 0 Å². The maximum Gasteiger partial charge on any atom is 0.150 e. The number of nitrogens with zero attached hydrogens (tertiary/aromatic N) is 2. The van der Waals surface area contributed by atoms with Crippen molar-refractivity contribution in [2.24, 2.45) is 5.73 Å². The molecule has 1 heterocycles. The highest BCUT2D eigenvalue weighted by Crippen LogP contribution is 2.07. The molecule has 90 valence electrons. The van der Waals surface area contributed by atoms with Gasteiger partial charge in [-0.25, -0.2) is 4.98 Å².